The van der Waals surface area contributed by atoms with E-state index in [-0.39, 0.29) is 5.82 Å². The van der Waals surface area contributed by atoms with Gasteiger partial charge in [0, 0.05) is 18.5 Å². The third kappa shape index (κ3) is 2.39. The van der Waals surface area contributed by atoms with Crippen LogP contribution in [0.3, 0.4) is 0 Å². The zero-order valence-corrected chi connectivity index (χ0v) is 11.3. The van der Waals surface area contributed by atoms with Crippen molar-refractivity contribution in [1.82, 2.24) is 9.97 Å². The molecule has 1 fully saturated rings. The number of hydrogen-bond donors (Lipinski definition) is 0. The first-order valence-electron chi connectivity index (χ1n) is 6.78. The molecule has 3 rings (SSSR count). The fraction of sp³-hybridized carbons (Fsp3) is 0.467. The highest BCUT2D eigenvalue weighted by atomic mass is 19.1. The summed E-state index contributed by atoms with van der Waals surface area (Å²) in [5, 5.41) is 0.809. The van der Waals surface area contributed by atoms with Gasteiger partial charge in [-0.25, -0.2) is 14.4 Å². The summed E-state index contributed by atoms with van der Waals surface area (Å²) in [4.78, 5) is 10.9. The molecular formula is C15H18FN3. The van der Waals surface area contributed by atoms with Gasteiger partial charge in [0.05, 0.1) is 5.52 Å². The van der Waals surface area contributed by atoms with Crippen molar-refractivity contribution in [3.8, 4) is 0 Å². The van der Waals surface area contributed by atoms with Gasteiger partial charge in [-0.15, -0.1) is 0 Å². The van der Waals surface area contributed by atoms with Crippen molar-refractivity contribution in [2.45, 2.75) is 20.3 Å². The maximum Gasteiger partial charge on any atom is 0.140 e. The first-order valence-corrected chi connectivity index (χ1v) is 6.78. The van der Waals surface area contributed by atoms with Gasteiger partial charge in [0.15, 0.2) is 0 Å². The zero-order valence-electron chi connectivity index (χ0n) is 11.3. The quantitative estimate of drug-likeness (QED) is 0.787. The molecule has 2 atom stereocenters. The third-order valence-corrected chi connectivity index (χ3v) is 3.74. The van der Waals surface area contributed by atoms with Gasteiger partial charge in [-0.2, -0.15) is 0 Å². The Balaban J connectivity index is 2.06. The fourth-order valence-electron chi connectivity index (χ4n) is 3.10. The average molecular weight is 259 g/mol. The molecule has 1 aliphatic heterocycles. The summed E-state index contributed by atoms with van der Waals surface area (Å²) in [6.07, 6.45) is 2.81. The standard InChI is InChI=1S/C15H18FN3/c1-10-5-11(2)8-19(7-10)15-13-6-12(16)3-4-14(13)17-9-18-15/h3-4,6,9-11H,5,7-8H2,1-2H3. The molecule has 0 spiro atoms. The lowest BCUT2D eigenvalue weighted by atomic mass is 9.92. The molecule has 19 heavy (non-hydrogen) atoms. The van der Waals surface area contributed by atoms with Crippen LogP contribution in [0, 0.1) is 17.7 Å². The van der Waals surface area contributed by atoms with Crippen LogP contribution in [-0.2, 0) is 0 Å². The third-order valence-electron chi connectivity index (χ3n) is 3.74. The second-order valence-corrected chi connectivity index (χ2v) is 5.71. The van der Waals surface area contributed by atoms with Crippen molar-refractivity contribution in [2.75, 3.05) is 18.0 Å². The molecule has 3 nitrogen and oxygen atoms in total. The van der Waals surface area contributed by atoms with E-state index in [0.717, 1.165) is 29.8 Å². The predicted octanol–water partition coefficient (Wildman–Crippen LogP) is 3.25. The molecule has 1 aromatic carbocycles. The van der Waals surface area contributed by atoms with E-state index >= 15 is 0 Å². The molecule has 2 unspecified atom stereocenters. The summed E-state index contributed by atoms with van der Waals surface area (Å²) in [7, 11) is 0. The van der Waals surface area contributed by atoms with Crippen molar-refractivity contribution in [3.63, 3.8) is 0 Å². The van der Waals surface area contributed by atoms with Crippen LogP contribution in [0.2, 0.25) is 0 Å². The van der Waals surface area contributed by atoms with E-state index < -0.39 is 0 Å². The van der Waals surface area contributed by atoms with Crippen LogP contribution in [0.15, 0.2) is 24.5 Å². The Morgan fingerprint density at radius 1 is 1.16 bits per heavy atom. The minimum absolute atomic E-state index is 0.235. The predicted molar refractivity (Wildman–Crippen MR) is 74.7 cm³/mol. The van der Waals surface area contributed by atoms with Crippen molar-refractivity contribution < 1.29 is 4.39 Å². The number of benzene rings is 1. The molecule has 1 aliphatic rings. The van der Waals surface area contributed by atoms with E-state index in [1.54, 1.807) is 12.4 Å². The highest BCUT2D eigenvalue weighted by Crippen LogP contribution is 2.29. The Morgan fingerprint density at radius 3 is 2.63 bits per heavy atom. The fourth-order valence-corrected chi connectivity index (χ4v) is 3.10. The van der Waals surface area contributed by atoms with Crippen LogP contribution < -0.4 is 4.90 Å². The summed E-state index contributed by atoms with van der Waals surface area (Å²) >= 11 is 0. The highest BCUT2D eigenvalue weighted by molar-refractivity contribution is 5.89. The minimum atomic E-state index is -0.235. The molecule has 100 valence electrons. The molecule has 1 aromatic heterocycles. The Labute approximate surface area is 112 Å². The zero-order chi connectivity index (χ0) is 13.4. The first-order chi connectivity index (χ1) is 9.13. The van der Waals surface area contributed by atoms with Gasteiger partial charge >= 0.3 is 0 Å². The smallest absolute Gasteiger partial charge is 0.140 e. The molecule has 0 radical (unpaired) electrons. The monoisotopic (exact) mass is 259 g/mol. The number of fused-ring (bicyclic) bond motifs is 1. The van der Waals surface area contributed by atoms with Gasteiger partial charge in [0.1, 0.15) is 18.0 Å². The molecular weight excluding hydrogens is 241 g/mol. The summed E-state index contributed by atoms with van der Waals surface area (Å²) < 4.78 is 13.5. The van der Waals surface area contributed by atoms with Gasteiger partial charge < -0.3 is 4.90 Å². The van der Waals surface area contributed by atoms with E-state index in [1.807, 2.05) is 0 Å². The van der Waals surface area contributed by atoms with Crippen LogP contribution in [0.25, 0.3) is 10.9 Å². The number of aromatic nitrogens is 2. The number of halogens is 1. The van der Waals surface area contributed by atoms with Crippen molar-refractivity contribution in [3.05, 3.63) is 30.3 Å². The lowest BCUT2D eigenvalue weighted by Crippen LogP contribution is -2.39. The van der Waals surface area contributed by atoms with E-state index in [2.05, 4.69) is 28.7 Å². The second-order valence-electron chi connectivity index (χ2n) is 5.71. The van der Waals surface area contributed by atoms with Crippen molar-refractivity contribution in [2.24, 2.45) is 11.8 Å². The Kier molecular flexibility index (Phi) is 3.09. The van der Waals surface area contributed by atoms with Crippen LogP contribution in [-0.4, -0.2) is 23.1 Å². The van der Waals surface area contributed by atoms with E-state index in [9.17, 15) is 4.39 Å². The number of anilines is 1. The molecule has 0 bridgehead atoms. The van der Waals surface area contributed by atoms with Crippen LogP contribution in [0.1, 0.15) is 20.3 Å². The van der Waals surface area contributed by atoms with E-state index in [0.29, 0.717) is 11.8 Å². The maximum atomic E-state index is 13.5. The second kappa shape index (κ2) is 4.76. The molecule has 1 saturated heterocycles. The summed E-state index contributed by atoms with van der Waals surface area (Å²) in [6.45, 7) is 6.47. The van der Waals surface area contributed by atoms with Crippen molar-refractivity contribution >= 4 is 16.7 Å². The number of piperidine rings is 1. The van der Waals surface area contributed by atoms with Crippen LogP contribution in [0.4, 0.5) is 10.2 Å². The average Bonchev–Trinajstić information content (AvgIpc) is 2.36. The number of nitrogens with zero attached hydrogens (tertiary/aromatic N) is 3. The van der Waals surface area contributed by atoms with E-state index in [1.165, 1.54) is 18.6 Å². The first kappa shape index (κ1) is 12.3. The molecule has 0 N–H and O–H groups in total. The Bertz CT molecular complexity index is 589. The Morgan fingerprint density at radius 2 is 1.89 bits per heavy atom. The van der Waals surface area contributed by atoms with Crippen molar-refractivity contribution in [1.29, 1.82) is 0 Å². The van der Waals surface area contributed by atoms with Gasteiger partial charge in [0.2, 0.25) is 0 Å². The summed E-state index contributed by atoms with van der Waals surface area (Å²) in [6, 6.07) is 4.70. The molecule has 0 amide bonds. The van der Waals surface area contributed by atoms with Gasteiger partial charge in [-0.1, -0.05) is 13.8 Å². The van der Waals surface area contributed by atoms with Crippen LogP contribution in [0.5, 0.6) is 0 Å². The molecule has 4 heteroatoms. The maximum absolute atomic E-state index is 13.5. The van der Waals surface area contributed by atoms with Gasteiger partial charge in [0.25, 0.3) is 0 Å². The highest BCUT2D eigenvalue weighted by Gasteiger charge is 2.24. The molecule has 0 saturated carbocycles. The van der Waals surface area contributed by atoms with Gasteiger partial charge in [-0.05, 0) is 36.5 Å². The van der Waals surface area contributed by atoms with E-state index in [4.69, 9.17) is 0 Å². The normalized spacial score (nSPS) is 23.8. The SMILES string of the molecule is CC1CC(C)CN(c2ncnc3ccc(F)cc23)C1. The number of rotatable bonds is 1. The number of hydrogen-bond acceptors (Lipinski definition) is 3. The summed E-state index contributed by atoms with van der Waals surface area (Å²) in [5.41, 5.74) is 0.803. The largest absolute Gasteiger partial charge is 0.355 e. The topological polar surface area (TPSA) is 29.0 Å². The Hall–Kier alpha value is -1.71. The molecule has 2 heterocycles. The lowest BCUT2D eigenvalue weighted by Gasteiger charge is -2.36. The lowest BCUT2D eigenvalue weighted by molar-refractivity contribution is 0.356. The molecule has 2 aromatic rings. The van der Waals surface area contributed by atoms with Crippen LogP contribution >= 0.6 is 0 Å². The summed E-state index contributed by atoms with van der Waals surface area (Å²) in [5.74, 6) is 1.91. The molecule has 0 aliphatic carbocycles. The van der Waals surface area contributed by atoms with Gasteiger partial charge in [-0.3, -0.25) is 0 Å². The minimum Gasteiger partial charge on any atom is -0.355 e.